The van der Waals surface area contributed by atoms with Gasteiger partial charge in [-0.3, -0.25) is 14.4 Å². The number of carbonyl (C=O) groups excluding carboxylic acids is 3. The average Bonchev–Trinajstić information content (AvgIpc) is 2.50. The third-order valence-electron chi connectivity index (χ3n) is 2.32. The molecule has 0 spiro atoms. The van der Waals surface area contributed by atoms with Crippen LogP contribution >= 0.6 is 31.9 Å². The molecule has 0 radical (unpaired) electrons. The molecule has 0 amide bonds. The Morgan fingerprint density at radius 3 is 2.24 bits per heavy atom. The highest BCUT2D eigenvalue weighted by molar-refractivity contribution is 9.12. The lowest BCUT2D eigenvalue weighted by Gasteiger charge is -2.17. The van der Waals surface area contributed by atoms with Gasteiger partial charge in [0.25, 0.3) is 0 Å². The summed E-state index contributed by atoms with van der Waals surface area (Å²) >= 11 is 5.24. The standard InChI is InChI=1S/C7H7NO.C6H2Br2O4/c1-6(9)7-4-2-3-5-8-7;7-1-3(9)5(11)2(8)6(12)4(1)10/h2-5H,1H3;9,12H. The van der Waals surface area contributed by atoms with Crippen LogP contribution in [0, 0.1) is 0 Å². The Balaban J connectivity index is 0.000000219. The number of ketones is 3. The van der Waals surface area contributed by atoms with Crippen molar-refractivity contribution in [2.75, 3.05) is 0 Å². The number of aliphatic hydroxyl groups excluding tert-OH is 1. The molecule has 0 aliphatic heterocycles. The van der Waals surface area contributed by atoms with Gasteiger partial charge in [0.15, 0.2) is 17.7 Å². The van der Waals surface area contributed by atoms with Crippen LogP contribution in [0.3, 0.4) is 0 Å². The van der Waals surface area contributed by atoms with Gasteiger partial charge in [-0.05, 0) is 43.7 Å². The third kappa shape index (κ3) is 4.08. The topological polar surface area (TPSA) is 109 Å². The van der Waals surface area contributed by atoms with Crippen molar-refractivity contribution >= 4 is 49.2 Å². The van der Waals surface area contributed by atoms with Crippen LogP contribution in [0.2, 0.25) is 0 Å². The van der Waals surface area contributed by atoms with E-state index in [0.717, 1.165) is 0 Å². The molecule has 0 atom stereocenters. The summed E-state index contributed by atoms with van der Waals surface area (Å²) in [6, 6.07) is 5.42. The predicted octanol–water partition coefficient (Wildman–Crippen LogP) is 0.973. The second-order valence-corrected chi connectivity index (χ2v) is 5.38. The fourth-order valence-corrected chi connectivity index (χ4v) is 1.95. The Morgan fingerprint density at radius 2 is 1.81 bits per heavy atom. The summed E-state index contributed by atoms with van der Waals surface area (Å²) in [6.45, 7) is 1.53. The smallest absolute Gasteiger partial charge is 0.246 e. The Bertz CT molecular complexity index is 602. The molecular weight excluding hydrogens is 410 g/mol. The van der Waals surface area contributed by atoms with Crippen LogP contribution in [0.15, 0.2) is 44.9 Å². The van der Waals surface area contributed by atoms with Gasteiger partial charge in [-0.15, -0.1) is 0 Å². The highest BCUT2D eigenvalue weighted by atomic mass is 79.9. The van der Waals surface area contributed by atoms with Crippen molar-refractivity contribution in [3.8, 4) is 0 Å². The van der Waals surface area contributed by atoms with E-state index in [2.05, 4.69) is 36.8 Å². The first-order valence-electron chi connectivity index (χ1n) is 5.50. The molecule has 2 rings (SSSR count). The van der Waals surface area contributed by atoms with Crippen LogP contribution in [-0.2, 0) is 9.59 Å². The van der Waals surface area contributed by atoms with E-state index in [-0.39, 0.29) is 10.3 Å². The largest absolute Gasteiger partial charge is 0.869 e. The van der Waals surface area contributed by atoms with Gasteiger partial charge in [0, 0.05) is 19.1 Å². The van der Waals surface area contributed by atoms with Crippen molar-refractivity contribution < 1.29 is 29.6 Å². The fourth-order valence-electron chi connectivity index (χ4n) is 1.23. The maximum Gasteiger partial charge on any atom is 0.246 e. The van der Waals surface area contributed by atoms with Crippen molar-refractivity contribution in [2.45, 2.75) is 6.92 Å². The molecule has 21 heavy (non-hydrogen) atoms. The molecule has 0 unspecified atom stereocenters. The molecule has 6 nitrogen and oxygen atoms in total. The molecule has 2 N–H and O–H groups in total. The van der Waals surface area contributed by atoms with Crippen molar-refractivity contribution in [1.82, 2.24) is 0 Å². The van der Waals surface area contributed by atoms with Gasteiger partial charge in [0.2, 0.25) is 17.3 Å². The van der Waals surface area contributed by atoms with Crippen LogP contribution in [-0.4, -0.2) is 22.5 Å². The highest BCUT2D eigenvalue weighted by Gasteiger charge is 2.27. The maximum atomic E-state index is 10.9. The van der Waals surface area contributed by atoms with Crippen LogP contribution < -0.4 is 10.1 Å². The van der Waals surface area contributed by atoms with Gasteiger partial charge in [-0.2, -0.15) is 0 Å². The van der Waals surface area contributed by atoms with E-state index in [1.807, 2.05) is 12.1 Å². The molecule has 0 saturated heterocycles. The lowest BCUT2D eigenvalue weighted by atomic mass is 10.1. The molecule has 110 valence electrons. The third-order valence-corrected chi connectivity index (χ3v) is 3.77. The molecule has 0 aromatic carbocycles. The number of Topliss-reactive ketones (excluding diaryl/α,β-unsaturated/α-hetero) is 3. The summed E-state index contributed by atoms with van der Waals surface area (Å²) in [5, 5.41) is 19.8. The first kappa shape index (κ1) is 17.3. The molecule has 1 heterocycles. The van der Waals surface area contributed by atoms with E-state index in [0.29, 0.717) is 5.69 Å². The number of nitrogens with one attached hydrogen (secondary N) is 1. The van der Waals surface area contributed by atoms with Gasteiger partial charge in [0.1, 0.15) is 4.48 Å². The van der Waals surface area contributed by atoms with E-state index < -0.39 is 27.6 Å². The SMILES string of the molecule is CC(=O)c1cccc[nH+]1.O=C1C(O)=C(Br)C(=O)C([O-])=C1Br. The van der Waals surface area contributed by atoms with Crippen molar-refractivity contribution in [2.24, 2.45) is 0 Å². The van der Waals surface area contributed by atoms with Gasteiger partial charge < -0.3 is 10.2 Å². The molecule has 0 bridgehead atoms. The molecule has 1 aliphatic carbocycles. The fraction of sp³-hybridized carbons (Fsp3) is 0.0769. The van der Waals surface area contributed by atoms with Crippen LogP contribution in [0.5, 0.6) is 0 Å². The molecule has 1 aromatic heterocycles. The number of aromatic amines is 1. The number of aromatic nitrogens is 1. The quantitative estimate of drug-likeness (QED) is 0.540. The minimum atomic E-state index is -0.954. The zero-order valence-electron chi connectivity index (χ0n) is 10.6. The monoisotopic (exact) mass is 417 g/mol. The van der Waals surface area contributed by atoms with E-state index in [1.165, 1.54) is 6.92 Å². The second kappa shape index (κ2) is 7.28. The minimum Gasteiger partial charge on any atom is -0.869 e. The van der Waals surface area contributed by atoms with Gasteiger partial charge in [0.05, 0.1) is 4.48 Å². The van der Waals surface area contributed by atoms with Gasteiger partial charge in [-0.1, -0.05) is 0 Å². The number of allylic oxidation sites excluding steroid dienone is 2. The number of H-pyrrole nitrogens is 1. The first-order valence-corrected chi connectivity index (χ1v) is 7.08. The summed E-state index contributed by atoms with van der Waals surface area (Å²) < 4.78 is -0.825. The Hall–Kier alpha value is -1.80. The van der Waals surface area contributed by atoms with Crippen LogP contribution in [0.4, 0.5) is 0 Å². The van der Waals surface area contributed by atoms with Gasteiger partial charge >= 0.3 is 0 Å². The summed E-state index contributed by atoms with van der Waals surface area (Å²) in [7, 11) is 0. The molecular formula is C13H9Br2NO5. The Morgan fingerprint density at radius 1 is 1.19 bits per heavy atom. The van der Waals surface area contributed by atoms with Gasteiger partial charge in [-0.25, -0.2) is 4.98 Å². The summed E-state index contributed by atoms with van der Waals surface area (Å²) in [5.41, 5.74) is 0.650. The molecule has 8 heteroatoms. The summed E-state index contributed by atoms with van der Waals surface area (Å²) in [4.78, 5) is 35.2. The van der Waals surface area contributed by atoms with E-state index >= 15 is 0 Å². The first-order chi connectivity index (χ1) is 9.77. The van der Waals surface area contributed by atoms with Crippen LogP contribution in [0.1, 0.15) is 17.4 Å². The van der Waals surface area contributed by atoms with E-state index in [1.54, 1.807) is 12.3 Å². The second-order valence-electron chi connectivity index (χ2n) is 3.80. The Labute approximate surface area is 136 Å². The van der Waals surface area contributed by atoms with E-state index in [4.69, 9.17) is 5.11 Å². The summed E-state index contributed by atoms with van der Waals surface area (Å²) in [5.74, 6) is -3.45. The summed E-state index contributed by atoms with van der Waals surface area (Å²) in [6.07, 6.45) is 1.73. The van der Waals surface area contributed by atoms with Crippen LogP contribution in [0.25, 0.3) is 0 Å². The van der Waals surface area contributed by atoms with Crippen molar-refractivity contribution in [1.29, 1.82) is 0 Å². The maximum absolute atomic E-state index is 10.9. The zero-order chi connectivity index (χ0) is 16.2. The Kier molecular flexibility index (Phi) is 5.98. The molecule has 0 saturated carbocycles. The number of pyridine rings is 1. The number of aliphatic hydroxyl groups is 1. The highest BCUT2D eigenvalue weighted by Crippen LogP contribution is 2.27. The number of hydrogen-bond acceptors (Lipinski definition) is 5. The number of halogens is 2. The molecule has 1 aliphatic rings. The average molecular weight is 419 g/mol. The minimum absolute atomic E-state index is 0.0654. The number of hydrogen-bond donors (Lipinski definition) is 1. The number of rotatable bonds is 1. The molecule has 0 fully saturated rings. The lowest BCUT2D eigenvalue weighted by molar-refractivity contribution is -0.381. The van der Waals surface area contributed by atoms with E-state index in [9.17, 15) is 19.5 Å². The lowest BCUT2D eigenvalue weighted by Crippen LogP contribution is -2.26. The number of carbonyl (C=O) groups is 3. The van der Waals surface area contributed by atoms with Crippen molar-refractivity contribution in [3.63, 3.8) is 0 Å². The van der Waals surface area contributed by atoms with Crippen molar-refractivity contribution in [3.05, 3.63) is 50.6 Å². The zero-order valence-corrected chi connectivity index (χ0v) is 13.8. The normalized spacial score (nSPS) is 14.8. The predicted molar refractivity (Wildman–Crippen MR) is 77.6 cm³/mol. The molecule has 1 aromatic rings.